The third kappa shape index (κ3) is 1.37. The Morgan fingerprint density at radius 3 is 2.64 bits per heavy atom. The van der Waals surface area contributed by atoms with Crippen molar-refractivity contribution in [1.29, 1.82) is 0 Å². The van der Waals surface area contributed by atoms with Crippen molar-refractivity contribution in [3.05, 3.63) is 30.5 Å². The van der Waals surface area contributed by atoms with Crippen molar-refractivity contribution in [2.45, 2.75) is 0 Å². The molecular formula is C11H11NO2. The summed E-state index contributed by atoms with van der Waals surface area (Å²) in [5.74, 6) is 1.48. The lowest BCUT2D eigenvalue weighted by molar-refractivity contribution is 0.403. The number of fused-ring (bicyclic) bond motifs is 1. The Labute approximate surface area is 82.3 Å². The van der Waals surface area contributed by atoms with Gasteiger partial charge in [0.25, 0.3) is 0 Å². The fourth-order valence-corrected chi connectivity index (χ4v) is 1.42. The second kappa shape index (κ2) is 3.54. The average molecular weight is 189 g/mol. The zero-order valence-corrected chi connectivity index (χ0v) is 8.15. The lowest BCUT2D eigenvalue weighted by atomic mass is 10.1. The van der Waals surface area contributed by atoms with Crippen molar-refractivity contribution in [1.82, 2.24) is 4.98 Å². The van der Waals surface area contributed by atoms with E-state index in [1.54, 1.807) is 20.4 Å². The maximum atomic E-state index is 5.15. The fourth-order valence-electron chi connectivity index (χ4n) is 1.42. The molecule has 3 nitrogen and oxygen atoms in total. The van der Waals surface area contributed by atoms with E-state index in [9.17, 15) is 0 Å². The summed E-state index contributed by atoms with van der Waals surface area (Å²) in [4.78, 5) is 4.12. The molecule has 0 aliphatic rings. The Morgan fingerprint density at radius 2 is 1.93 bits per heavy atom. The van der Waals surface area contributed by atoms with Gasteiger partial charge in [0, 0.05) is 11.6 Å². The highest BCUT2D eigenvalue weighted by Crippen LogP contribution is 2.26. The van der Waals surface area contributed by atoms with E-state index >= 15 is 0 Å². The number of rotatable bonds is 2. The molecule has 3 heteroatoms. The van der Waals surface area contributed by atoms with E-state index in [0.717, 1.165) is 16.5 Å². The Morgan fingerprint density at radius 1 is 1.07 bits per heavy atom. The van der Waals surface area contributed by atoms with Crippen LogP contribution in [0.2, 0.25) is 0 Å². The summed E-state index contributed by atoms with van der Waals surface area (Å²) in [7, 11) is 3.27. The number of ether oxygens (including phenoxy) is 2. The van der Waals surface area contributed by atoms with E-state index in [1.165, 1.54) is 0 Å². The van der Waals surface area contributed by atoms with Gasteiger partial charge in [-0.15, -0.1) is 0 Å². The van der Waals surface area contributed by atoms with E-state index in [1.807, 2.05) is 24.3 Å². The first-order valence-corrected chi connectivity index (χ1v) is 4.32. The van der Waals surface area contributed by atoms with Gasteiger partial charge in [-0.1, -0.05) is 0 Å². The van der Waals surface area contributed by atoms with Crippen LogP contribution in [0.4, 0.5) is 0 Å². The van der Waals surface area contributed by atoms with Crippen molar-refractivity contribution < 1.29 is 9.47 Å². The topological polar surface area (TPSA) is 31.4 Å². The van der Waals surface area contributed by atoms with Gasteiger partial charge < -0.3 is 9.47 Å². The number of hydrogen-bond donors (Lipinski definition) is 0. The highest BCUT2D eigenvalue weighted by Gasteiger charge is 2.02. The smallest absolute Gasteiger partial charge is 0.221 e. The SMILES string of the molecule is COc1ccc2c(OC)nccc2c1. The van der Waals surface area contributed by atoms with Crippen LogP contribution < -0.4 is 9.47 Å². The molecule has 0 spiro atoms. The molecule has 0 unspecified atom stereocenters. The van der Waals surface area contributed by atoms with Gasteiger partial charge in [-0.25, -0.2) is 4.98 Å². The average Bonchev–Trinajstić information content (AvgIpc) is 2.27. The molecule has 0 amide bonds. The Balaban J connectivity index is 2.67. The number of pyridine rings is 1. The third-order valence-electron chi connectivity index (χ3n) is 2.13. The summed E-state index contributed by atoms with van der Waals surface area (Å²) in [5, 5.41) is 2.06. The van der Waals surface area contributed by atoms with Crippen molar-refractivity contribution in [2.24, 2.45) is 0 Å². The first kappa shape index (κ1) is 8.81. The molecule has 0 atom stereocenters. The van der Waals surface area contributed by atoms with Crippen molar-refractivity contribution in [2.75, 3.05) is 14.2 Å². The highest BCUT2D eigenvalue weighted by atomic mass is 16.5. The minimum Gasteiger partial charge on any atom is -0.497 e. The third-order valence-corrected chi connectivity index (χ3v) is 2.13. The standard InChI is InChI=1S/C11H11NO2/c1-13-9-3-4-10-8(7-9)5-6-12-11(10)14-2/h3-7H,1-2H3. The maximum Gasteiger partial charge on any atom is 0.221 e. The van der Waals surface area contributed by atoms with Crippen LogP contribution in [-0.4, -0.2) is 19.2 Å². The normalized spacial score (nSPS) is 10.1. The second-order valence-electron chi connectivity index (χ2n) is 2.91. The summed E-state index contributed by atoms with van der Waals surface area (Å²) >= 11 is 0. The molecule has 2 rings (SSSR count). The largest absolute Gasteiger partial charge is 0.497 e. The predicted octanol–water partition coefficient (Wildman–Crippen LogP) is 2.25. The monoisotopic (exact) mass is 189 g/mol. The van der Waals surface area contributed by atoms with Gasteiger partial charge in [0.2, 0.25) is 5.88 Å². The zero-order valence-electron chi connectivity index (χ0n) is 8.15. The molecule has 2 aromatic rings. The molecule has 1 aromatic carbocycles. The zero-order chi connectivity index (χ0) is 9.97. The molecule has 72 valence electrons. The van der Waals surface area contributed by atoms with Gasteiger partial charge in [-0.05, 0) is 29.7 Å². The van der Waals surface area contributed by atoms with Crippen LogP contribution in [0.25, 0.3) is 10.8 Å². The van der Waals surface area contributed by atoms with Crippen LogP contribution >= 0.6 is 0 Å². The quantitative estimate of drug-likeness (QED) is 0.726. The molecule has 0 saturated carbocycles. The van der Waals surface area contributed by atoms with Crippen LogP contribution in [0.3, 0.4) is 0 Å². The van der Waals surface area contributed by atoms with Crippen molar-refractivity contribution in [3.63, 3.8) is 0 Å². The Hall–Kier alpha value is -1.77. The summed E-state index contributed by atoms with van der Waals surface area (Å²) in [6.07, 6.45) is 1.72. The number of benzene rings is 1. The molecule has 14 heavy (non-hydrogen) atoms. The lowest BCUT2D eigenvalue weighted by Gasteiger charge is -2.05. The minimum atomic E-state index is 0.644. The van der Waals surface area contributed by atoms with Gasteiger partial charge in [-0.2, -0.15) is 0 Å². The van der Waals surface area contributed by atoms with E-state index in [4.69, 9.17) is 9.47 Å². The highest BCUT2D eigenvalue weighted by molar-refractivity contribution is 5.87. The molecule has 0 fully saturated rings. The van der Waals surface area contributed by atoms with Crippen molar-refractivity contribution >= 4 is 10.8 Å². The molecule has 0 aliphatic heterocycles. The summed E-state index contributed by atoms with van der Waals surface area (Å²) < 4.78 is 10.3. The van der Waals surface area contributed by atoms with E-state index in [2.05, 4.69) is 4.98 Å². The maximum absolute atomic E-state index is 5.15. The van der Waals surface area contributed by atoms with Gasteiger partial charge in [0.05, 0.1) is 14.2 Å². The van der Waals surface area contributed by atoms with Crippen LogP contribution in [0.1, 0.15) is 0 Å². The number of aromatic nitrogens is 1. The summed E-state index contributed by atoms with van der Waals surface area (Å²) in [5.41, 5.74) is 0. The van der Waals surface area contributed by atoms with Crippen LogP contribution in [-0.2, 0) is 0 Å². The molecule has 0 N–H and O–H groups in total. The van der Waals surface area contributed by atoms with E-state index in [-0.39, 0.29) is 0 Å². The van der Waals surface area contributed by atoms with Gasteiger partial charge >= 0.3 is 0 Å². The first-order chi connectivity index (χ1) is 6.85. The van der Waals surface area contributed by atoms with E-state index < -0.39 is 0 Å². The van der Waals surface area contributed by atoms with Crippen LogP contribution in [0, 0.1) is 0 Å². The number of methoxy groups -OCH3 is 2. The second-order valence-corrected chi connectivity index (χ2v) is 2.91. The Bertz CT molecular complexity index is 454. The van der Waals surface area contributed by atoms with E-state index in [0.29, 0.717) is 5.88 Å². The number of nitrogens with zero attached hydrogens (tertiary/aromatic N) is 1. The Kier molecular flexibility index (Phi) is 2.23. The lowest BCUT2D eigenvalue weighted by Crippen LogP contribution is -1.89. The molecule has 0 bridgehead atoms. The number of hydrogen-bond acceptors (Lipinski definition) is 3. The van der Waals surface area contributed by atoms with Gasteiger partial charge in [0.15, 0.2) is 0 Å². The predicted molar refractivity (Wildman–Crippen MR) is 54.8 cm³/mol. The molecule has 0 aliphatic carbocycles. The molecule has 1 aromatic heterocycles. The van der Waals surface area contributed by atoms with Crippen LogP contribution in [0.5, 0.6) is 11.6 Å². The molecule has 0 saturated heterocycles. The van der Waals surface area contributed by atoms with Gasteiger partial charge in [-0.3, -0.25) is 0 Å². The van der Waals surface area contributed by atoms with Crippen LogP contribution in [0.15, 0.2) is 30.5 Å². The summed E-state index contributed by atoms with van der Waals surface area (Å²) in [6, 6.07) is 7.73. The fraction of sp³-hybridized carbons (Fsp3) is 0.182. The summed E-state index contributed by atoms with van der Waals surface area (Å²) in [6.45, 7) is 0. The first-order valence-electron chi connectivity index (χ1n) is 4.32. The minimum absolute atomic E-state index is 0.644. The molecular weight excluding hydrogens is 178 g/mol. The van der Waals surface area contributed by atoms with Crippen molar-refractivity contribution in [3.8, 4) is 11.6 Å². The molecule has 0 radical (unpaired) electrons. The van der Waals surface area contributed by atoms with Gasteiger partial charge in [0.1, 0.15) is 5.75 Å². The molecule has 1 heterocycles.